The molecular formula is C19H27N4OY-. The first-order valence-corrected chi connectivity index (χ1v) is 8.41. The van der Waals surface area contributed by atoms with Gasteiger partial charge in [-0.1, -0.05) is 36.8 Å². The topological polar surface area (TPSA) is 59.9 Å². The standard InChI is InChI=1S/C19H27N4O.Y/c1-6-17(12-24-11-16-9-7-8-14(4)10-16)22-19-21-15(5)20-18(23-19)13(2)3;/h7-10,17H,6,11-12H2,1-5H3,(H,20,21,22,23);/q-1;. The molecule has 5 nitrogen and oxygen atoms in total. The first kappa shape index (κ1) is 22.0. The molecule has 6 heteroatoms. The van der Waals surface area contributed by atoms with Crippen LogP contribution in [0.2, 0.25) is 0 Å². The normalized spacial score (nSPS) is 11.6. The third-order valence-corrected chi connectivity index (χ3v) is 3.69. The van der Waals surface area contributed by atoms with Gasteiger partial charge >= 0.3 is 0 Å². The molecule has 0 spiro atoms. The van der Waals surface area contributed by atoms with Crippen molar-refractivity contribution in [3.05, 3.63) is 53.0 Å². The maximum absolute atomic E-state index is 5.87. The predicted octanol–water partition coefficient (Wildman–Crippen LogP) is 3.86. The monoisotopic (exact) mass is 416 g/mol. The third kappa shape index (κ3) is 7.39. The molecular weight excluding hydrogens is 389 g/mol. The van der Waals surface area contributed by atoms with Crippen molar-refractivity contribution < 1.29 is 37.4 Å². The second-order valence-electron chi connectivity index (χ2n) is 6.28. The van der Waals surface area contributed by atoms with Gasteiger partial charge in [0.15, 0.2) is 0 Å². The molecule has 0 aliphatic heterocycles. The van der Waals surface area contributed by atoms with Crippen molar-refractivity contribution in [1.82, 2.24) is 15.0 Å². The molecule has 1 heterocycles. The molecule has 0 aliphatic carbocycles. The summed E-state index contributed by atoms with van der Waals surface area (Å²) in [5.74, 6) is 3.15. The van der Waals surface area contributed by atoms with Crippen molar-refractivity contribution in [2.24, 2.45) is 0 Å². The summed E-state index contributed by atoms with van der Waals surface area (Å²) in [4.78, 5) is 13.2. The Hall–Kier alpha value is -1.04. The third-order valence-electron chi connectivity index (χ3n) is 3.69. The van der Waals surface area contributed by atoms with Crippen molar-refractivity contribution in [1.29, 1.82) is 0 Å². The summed E-state index contributed by atoms with van der Waals surface area (Å²) < 4.78 is 5.87. The second kappa shape index (κ2) is 10.8. The van der Waals surface area contributed by atoms with Crippen LogP contribution in [-0.4, -0.2) is 27.6 Å². The van der Waals surface area contributed by atoms with Gasteiger partial charge in [0.2, 0.25) is 5.95 Å². The van der Waals surface area contributed by atoms with Crippen LogP contribution in [0.4, 0.5) is 5.95 Å². The molecule has 2 aromatic rings. The summed E-state index contributed by atoms with van der Waals surface area (Å²) in [5, 5.41) is 3.36. The molecule has 1 atom stereocenters. The van der Waals surface area contributed by atoms with Gasteiger partial charge in [-0.3, -0.25) is 4.98 Å². The van der Waals surface area contributed by atoms with E-state index in [9.17, 15) is 0 Å². The summed E-state index contributed by atoms with van der Waals surface area (Å²) in [6.45, 7) is 11.3. The van der Waals surface area contributed by atoms with Crippen LogP contribution in [0.15, 0.2) is 24.3 Å². The van der Waals surface area contributed by atoms with Crippen LogP contribution >= 0.6 is 0 Å². The van der Waals surface area contributed by atoms with Crippen molar-refractivity contribution in [2.45, 2.75) is 53.7 Å². The number of aryl methyl sites for hydroxylation is 2. The molecule has 0 bridgehead atoms. The number of benzene rings is 1. The van der Waals surface area contributed by atoms with E-state index in [1.807, 2.05) is 20.8 Å². The zero-order valence-electron chi connectivity index (χ0n) is 15.8. The molecule has 1 aromatic heterocycles. The Morgan fingerprint density at radius 3 is 2.56 bits per heavy atom. The van der Waals surface area contributed by atoms with Gasteiger partial charge in [0, 0.05) is 38.5 Å². The molecule has 0 aliphatic rings. The van der Waals surface area contributed by atoms with Crippen LogP contribution in [0.25, 0.3) is 0 Å². The molecule has 0 fully saturated rings. The quantitative estimate of drug-likeness (QED) is 0.663. The smallest absolute Gasteiger partial charge is 0.223 e. The minimum absolute atomic E-state index is 0. The Bertz CT molecular complexity index is 664. The van der Waals surface area contributed by atoms with Crippen LogP contribution in [0, 0.1) is 19.8 Å². The van der Waals surface area contributed by atoms with Gasteiger partial charge in [0.25, 0.3) is 0 Å². The predicted molar refractivity (Wildman–Crippen MR) is 96.8 cm³/mol. The second-order valence-corrected chi connectivity index (χ2v) is 6.28. The summed E-state index contributed by atoms with van der Waals surface area (Å²) in [5.41, 5.74) is 2.44. The van der Waals surface area contributed by atoms with Crippen LogP contribution < -0.4 is 5.32 Å². The molecule has 0 saturated carbocycles. The number of hydrogen-bond acceptors (Lipinski definition) is 5. The summed E-state index contributed by atoms with van der Waals surface area (Å²) in [7, 11) is 0. The molecule has 1 N–H and O–H groups in total. The molecule has 1 aromatic carbocycles. The fourth-order valence-electron chi connectivity index (χ4n) is 2.34. The molecule has 0 saturated heterocycles. The van der Waals surface area contributed by atoms with E-state index < -0.39 is 0 Å². The van der Waals surface area contributed by atoms with Crippen LogP contribution in [0.5, 0.6) is 0 Å². The largest absolute Gasteiger partial charge is 0.375 e. The van der Waals surface area contributed by atoms with Crippen molar-refractivity contribution in [3.63, 3.8) is 0 Å². The Morgan fingerprint density at radius 1 is 1.16 bits per heavy atom. The number of anilines is 1. The van der Waals surface area contributed by atoms with Crippen molar-refractivity contribution >= 4 is 5.95 Å². The molecule has 1 radical (unpaired) electrons. The molecule has 0 amide bonds. The average Bonchev–Trinajstić information content (AvgIpc) is 2.53. The zero-order valence-corrected chi connectivity index (χ0v) is 18.7. The van der Waals surface area contributed by atoms with E-state index in [0.29, 0.717) is 19.2 Å². The zero-order chi connectivity index (χ0) is 17.5. The molecule has 133 valence electrons. The van der Waals surface area contributed by atoms with Gasteiger partial charge in [-0.25, -0.2) is 4.98 Å². The van der Waals surface area contributed by atoms with Crippen molar-refractivity contribution in [2.75, 3.05) is 11.9 Å². The van der Waals surface area contributed by atoms with E-state index in [-0.39, 0.29) is 38.8 Å². The van der Waals surface area contributed by atoms with E-state index in [2.05, 4.69) is 58.4 Å². The van der Waals surface area contributed by atoms with E-state index in [1.165, 1.54) is 11.1 Å². The first-order valence-electron chi connectivity index (χ1n) is 8.41. The summed E-state index contributed by atoms with van der Waals surface area (Å²) in [6.07, 6.45) is 0.933. The Labute approximate surface area is 176 Å². The number of hydrogen-bond donors (Lipinski definition) is 1. The SMILES string of the molecule is CCC(COCc1cccc(C)c1)Nc1nc(C)nc([C-](C)C)n1.[Y]. The molecule has 25 heavy (non-hydrogen) atoms. The molecule has 1 unspecified atom stereocenters. The number of nitrogens with one attached hydrogen (secondary N) is 1. The maximum Gasteiger partial charge on any atom is 0.223 e. The average molecular weight is 416 g/mol. The minimum Gasteiger partial charge on any atom is -0.375 e. The summed E-state index contributed by atoms with van der Waals surface area (Å²) in [6, 6.07) is 8.55. The van der Waals surface area contributed by atoms with Crippen LogP contribution in [0.1, 0.15) is 50.0 Å². The fourth-order valence-corrected chi connectivity index (χ4v) is 2.34. The Balaban J connectivity index is 0.00000312. The molecule has 2 rings (SSSR count). The van der Waals surface area contributed by atoms with E-state index >= 15 is 0 Å². The van der Waals surface area contributed by atoms with Crippen LogP contribution in [0.3, 0.4) is 0 Å². The van der Waals surface area contributed by atoms with Gasteiger partial charge in [0.05, 0.1) is 19.3 Å². The fraction of sp³-hybridized carbons (Fsp3) is 0.474. The number of ether oxygens (including phenoxy) is 1. The van der Waals surface area contributed by atoms with Crippen molar-refractivity contribution in [3.8, 4) is 0 Å². The van der Waals surface area contributed by atoms with Crippen LogP contribution in [-0.2, 0) is 44.1 Å². The maximum atomic E-state index is 5.87. The first-order chi connectivity index (χ1) is 11.5. The Kier molecular flexibility index (Phi) is 9.54. The van der Waals surface area contributed by atoms with Gasteiger partial charge in [-0.15, -0.1) is 0 Å². The van der Waals surface area contributed by atoms with Gasteiger partial charge in [-0.05, 0) is 25.8 Å². The van der Waals surface area contributed by atoms with Gasteiger partial charge < -0.3 is 16.0 Å². The number of aromatic nitrogens is 3. The van der Waals surface area contributed by atoms with Gasteiger partial charge in [0.1, 0.15) is 5.82 Å². The number of nitrogens with zero attached hydrogens (tertiary/aromatic N) is 3. The number of rotatable bonds is 8. The van der Waals surface area contributed by atoms with E-state index in [4.69, 9.17) is 4.74 Å². The summed E-state index contributed by atoms with van der Waals surface area (Å²) >= 11 is 0. The van der Waals surface area contributed by atoms with E-state index in [1.54, 1.807) is 0 Å². The minimum atomic E-state index is 0. The van der Waals surface area contributed by atoms with E-state index in [0.717, 1.165) is 24.0 Å². The Morgan fingerprint density at radius 2 is 1.92 bits per heavy atom. The van der Waals surface area contributed by atoms with Gasteiger partial charge in [-0.2, -0.15) is 18.8 Å².